The van der Waals surface area contributed by atoms with Gasteiger partial charge < -0.3 is 24.1 Å². The van der Waals surface area contributed by atoms with Crippen LogP contribution in [0.5, 0.6) is 23.0 Å². The van der Waals surface area contributed by atoms with Crippen LogP contribution in [0.15, 0.2) is 60.7 Å². The number of carbonyl (C=O) groups is 2. The number of esters is 2. The van der Waals surface area contributed by atoms with Gasteiger partial charge in [0.15, 0.2) is 17.6 Å². The topological polar surface area (TPSA) is 91.3 Å². The Morgan fingerprint density at radius 1 is 1.07 bits per heavy atom. The number of fused-ring (bicyclic) bond motifs is 1. The van der Waals surface area contributed by atoms with Gasteiger partial charge in [0.05, 0.1) is 0 Å². The predicted molar refractivity (Wildman–Crippen MR) is 108 cm³/mol. The summed E-state index contributed by atoms with van der Waals surface area (Å²) in [5.74, 6) is 0.257. The lowest BCUT2D eigenvalue weighted by Crippen LogP contribution is -2.13. The number of rotatable bonds is 7. The highest BCUT2D eigenvalue weighted by Gasteiger charge is 2.24. The molecule has 7 nitrogen and oxygen atoms in total. The van der Waals surface area contributed by atoms with Crippen LogP contribution in [0.25, 0.3) is 0 Å². The first-order valence-electron chi connectivity index (χ1n) is 9.18. The van der Waals surface area contributed by atoms with Crippen LogP contribution in [0.2, 0.25) is 0 Å². The highest BCUT2D eigenvalue weighted by Crippen LogP contribution is 2.38. The average Bonchev–Trinajstić information content (AvgIpc) is 3.13. The van der Waals surface area contributed by atoms with Crippen molar-refractivity contribution in [3.05, 3.63) is 71.8 Å². The first kappa shape index (κ1) is 21.0. The Morgan fingerprint density at radius 3 is 2.47 bits per heavy atom. The molecule has 1 aliphatic heterocycles. The van der Waals surface area contributed by atoms with E-state index >= 15 is 0 Å². The Bertz CT molecular complexity index is 1020. The van der Waals surface area contributed by atoms with Crippen LogP contribution in [0.3, 0.4) is 0 Å². The van der Waals surface area contributed by atoms with Crippen molar-refractivity contribution >= 4 is 11.9 Å². The summed E-state index contributed by atoms with van der Waals surface area (Å²) in [4.78, 5) is 22.8. The molecule has 0 bridgehead atoms. The summed E-state index contributed by atoms with van der Waals surface area (Å²) < 4.78 is 21.1. The fourth-order valence-electron chi connectivity index (χ4n) is 3.06. The van der Waals surface area contributed by atoms with E-state index in [-0.39, 0.29) is 18.3 Å². The summed E-state index contributed by atoms with van der Waals surface area (Å²) in [7, 11) is 0. The quantitative estimate of drug-likeness (QED) is 0.419. The van der Waals surface area contributed by atoms with Crippen LogP contribution in [-0.2, 0) is 20.7 Å². The molecule has 156 valence electrons. The summed E-state index contributed by atoms with van der Waals surface area (Å²) in [6, 6.07) is 9.85. The molecule has 2 aromatic rings. The smallest absolute Gasteiger partial charge is 0.308 e. The van der Waals surface area contributed by atoms with Gasteiger partial charge in [-0.3, -0.25) is 9.59 Å². The van der Waals surface area contributed by atoms with Gasteiger partial charge in [0.2, 0.25) is 6.79 Å². The molecule has 0 fully saturated rings. The number of aromatic hydroxyl groups is 1. The molecule has 1 unspecified atom stereocenters. The Balaban J connectivity index is 1.82. The molecule has 0 saturated carbocycles. The molecule has 1 aliphatic rings. The Labute approximate surface area is 174 Å². The average molecular weight is 410 g/mol. The number of ether oxygens (including phenoxy) is 4. The van der Waals surface area contributed by atoms with Gasteiger partial charge in [0, 0.05) is 25.5 Å². The maximum absolute atomic E-state index is 11.7. The lowest BCUT2D eigenvalue weighted by molar-refractivity contribution is -0.144. The van der Waals surface area contributed by atoms with Crippen molar-refractivity contribution in [2.24, 2.45) is 0 Å². The number of hydrogen-bond donors (Lipinski definition) is 1. The van der Waals surface area contributed by atoms with Crippen LogP contribution >= 0.6 is 0 Å². The molecule has 0 radical (unpaired) electrons. The third-order valence-corrected chi connectivity index (χ3v) is 4.45. The second kappa shape index (κ2) is 8.73. The zero-order valence-corrected chi connectivity index (χ0v) is 16.8. The zero-order valence-electron chi connectivity index (χ0n) is 16.8. The van der Waals surface area contributed by atoms with Crippen LogP contribution in [0, 0.1) is 0 Å². The highest BCUT2D eigenvalue weighted by atomic mass is 16.7. The van der Waals surface area contributed by atoms with E-state index in [0.29, 0.717) is 34.6 Å². The second-order valence-electron chi connectivity index (χ2n) is 6.80. The van der Waals surface area contributed by atoms with E-state index in [1.807, 2.05) is 18.2 Å². The van der Waals surface area contributed by atoms with Crippen LogP contribution in [0.4, 0.5) is 0 Å². The lowest BCUT2D eigenvalue weighted by Gasteiger charge is -2.22. The monoisotopic (exact) mass is 410 g/mol. The maximum atomic E-state index is 11.7. The predicted octanol–water partition coefficient (Wildman–Crippen LogP) is 4.01. The summed E-state index contributed by atoms with van der Waals surface area (Å²) in [5.41, 5.74) is 2.27. The zero-order chi connectivity index (χ0) is 21.8. The lowest BCUT2D eigenvalue weighted by atomic mass is 9.92. The van der Waals surface area contributed by atoms with E-state index < -0.39 is 18.0 Å². The van der Waals surface area contributed by atoms with Crippen LogP contribution in [0.1, 0.15) is 31.1 Å². The molecule has 1 N–H and O–H groups in total. The number of phenolic OH excluding ortho intramolecular Hbond substituents is 1. The van der Waals surface area contributed by atoms with E-state index in [0.717, 1.165) is 5.56 Å². The minimum Gasteiger partial charge on any atom is -0.507 e. The Hall–Kier alpha value is -3.74. The third kappa shape index (κ3) is 4.81. The van der Waals surface area contributed by atoms with Crippen molar-refractivity contribution in [1.29, 1.82) is 0 Å². The van der Waals surface area contributed by atoms with Crippen molar-refractivity contribution in [3.8, 4) is 23.0 Å². The van der Waals surface area contributed by atoms with Gasteiger partial charge in [0.1, 0.15) is 11.5 Å². The third-order valence-electron chi connectivity index (χ3n) is 4.45. The minimum atomic E-state index is -0.949. The van der Waals surface area contributed by atoms with Crippen molar-refractivity contribution in [2.75, 3.05) is 6.79 Å². The molecule has 7 heteroatoms. The number of benzene rings is 2. The molecule has 0 spiro atoms. The van der Waals surface area contributed by atoms with Crippen LogP contribution in [-0.4, -0.2) is 23.8 Å². The van der Waals surface area contributed by atoms with Gasteiger partial charge in [-0.15, -0.1) is 0 Å². The molecular weight excluding hydrogens is 388 g/mol. The van der Waals surface area contributed by atoms with E-state index in [4.69, 9.17) is 18.9 Å². The van der Waals surface area contributed by atoms with Crippen molar-refractivity contribution in [2.45, 2.75) is 26.4 Å². The Kier molecular flexibility index (Phi) is 6.11. The summed E-state index contributed by atoms with van der Waals surface area (Å²) in [5, 5.41) is 10.4. The largest absolute Gasteiger partial charge is 0.507 e. The Morgan fingerprint density at radius 2 is 1.80 bits per heavy atom. The highest BCUT2D eigenvalue weighted by molar-refractivity contribution is 5.70. The normalized spacial score (nSPS) is 12.7. The van der Waals surface area contributed by atoms with Gasteiger partial charge in [0.25, 0.3) is 0 Å². The summed E-state index contributed by atoms with van der Waals surface area (Å²) >= 11 is 0. The van der Waals surface area contributed by atoms with Gasteiger partial charge in [-0.2, -0.15) is 0 Å². The standard InChI is InChI=1S/C23H22O7/c1-13(9-17-5-8-21-22(10-17)28-12-27-21)14(2)23(30-16(4)25)19-7-6-18(11-20(19)26)29-15(3)24/h5-8,10-11,23,26H,1-2,9,12H2,3-4H3. The van der Waals surface area contributed by atoms with E-state index in [9.17, 15) is 14.7 Å². The van der Waals surface area contributed by atoms with Crippen LogP contribution < -0.4 is 14.2 Å². The van der Waals surface area contributed by atoms with Crippen molar-refractivity contribution in [3.63, 3.8) is 0 Å². The fourth-order valence-corrected chi connectivity index (χ4v) is 3.06. The van der Waals surface area contributed by atoms with E-state index in [1.54, 1.807) is 0 Å². The van der Waals surface area contributed by atoms with Crippen molar-refractivity contribution in [1.82, 2.24) is 0 Å². The van der Waals surface area contributed by atoms with Gasteiger partial charge in [-0.05, 0) is 47.4 Å². The van der Waals surface area contributed by atoms with Crippen molar-refractivity contribution < 1.29 is 33.6 Å². The molecule has 0 aromatic heterocycles. The first-order chi connectivity index (χ1) is 14.2. The first-order valence-corrected chi connectivity index (χ1v) is 9.18. The molecule has 3 rings (SSSR count). The summed E-state index contributed by atoms with van der Waals surface area (Å²) in [6.45, 7) is 10.8. The van der Waals surface area contributed by atoms with Gasteiger partial charge in [-0.25, -0.2) is 0 Å². The van der Waals surface area contributed by atoms with Gasteiger partial charge in [-0.1, -0.05) is 19.2 Å². The molecule has 2 aromatic carbocycles. The molecule has 1 heterocycles. The molecule has 30 heavy (non-hydrogen) atoms. The molecule has 0 amide bonds. The number of hydrogen-bond acceptors (Lipinski definition) is 7. The van der Waals surface area contributed by atoms with E-state index in [2.05, 4.69) is 13.2 Å². The molecule has 0 saturated heterocycles. The molecular formula is C23H22O7. The minimum absolute atomic E-state index is 0.176. The second-order valence-corrected chi connectivity index (χ2v) is 6.80. The van der Waals surface area contributed by atoms with E-state index in [1.165, 1.54) is 32.0 Å². The number of carbonyl (C=O) groups excluding carboxylic acids is 2. The maximum Gasteiger partial charge on any atom is 0.308 e. The number of phenols is 1. The molecule has 1 atom stereocenters. The fraction of sp³-hybridized carbons (Fsp3) is 0.217. The SMILES string of the molecule is C=C(Cc1ccc2c(c1)OCO2)C(=C)C(OC(C)=O)c1ccc(OC(C)=O)cc1O. The van der Waals surface area contributed by atoms with Gasteiger partial charge >= 0.3 is 11.9 Å². The molecule has 0 aliphatic carbocycles. The summed E-state index contributed by atoms with van der Waals surface area (Å²) in [6.07, 6.45) is -0.519.